The smallest absolute Gasteiger partial charge is 0.165 e. The third-order valence-corrected chi connectivity index (χ3v) is 2.67. The highest BCUT2D eigenvalue weighted by molar-refractivity contribution is 9.10. The van der Waals surface area contributed by atoms with Gasteiger partial charge in [0.15, 0.2) is 11.6 Å². The monoisotopic (exact) mass is 316 g/mol. The predicted molar refractivity (Wildman–Crippen MR) is 64.8 cm³/mol. The van der Waals surface area contributed by atoms with Crippen molar-refractivity contribution in [3.05, 3.63) is 63.9 Å². The van der Waals surface area contributed by atoms with Crippen molar-refractivity contribution in [3.63, 3.8) is 0 Å². The van der Waals surface area contributed by atoms with Crippen LogP contribution in [0, 0.1) is 17.5 Å². The van der Waals surface area contributed by atoms with Gasteiger partial charge in [0.25, 0.3) is 0 Å². The van der Waals surface area contributed by atoms with Gasteiger partial charge in [-0.1, -0.05) is 15.9 Å². The molecule has 0 radical (unpaired) electrons. The van der Waals surface area contributed by atoms with E-state index in [0.29, 0.717) is 10.0 Å². The van der Waals surface area contributed by atoms with Gasteiger partial charge in [-0.25, -0.2) is 13.2 Å². The maximum atomic E-state index is 13.3. The van der Waals surface area contributed by atoms with Gasteiger partial charge in [0.05, 0.1) is 0 Å². The van der Waals surface area contributed by atoms with E-state index in [1.807, 2.05) is 0 Å². The molecule has 0 aromatic heterocycles. The summed E-state index contributed by atoms with van der Waals surface area (Å²) >= 11 is 3.14. The summed E-state index contributed by atoms with van der Waals surface area (Å²) < 4.78 is 44.9. The summed E-state index contributed by atoms with van der Waals surface area (Å²) in [5.74, 6) is -1.88. The summed E-state index contributed by atoms with van der Waals surface area (Å²) in [7, 11) is 0. The summed E-state index contributed by atoms with van der Waals surface area (Å²) in [4.78, 5) is 0. The Bertz CT molecular complexity index is 552. The van der Waals surface area contributed by atoms with Crippen LogP contribution in [0.15, 0.2) is 40.9 Å². The Morgan fingerprint density at radius 3 is 2.44 bits per heavy atom. The summed E-state index contributed by atoms with van der Waals surface area (Å²) in [6, 6.07) is 7.13. The summed E-state index contributed by atoms with van der Waals surface area (Å²) in [6.45, 7) is -0.0449. The lowest BCUT2D eigenvalue weighted by molar-refractivity contribution is 0.288. The summed E-state index contributed by atoms with van der Waals surface area (Å²) in [5, 5.41) is 0. The van der Waals surface area contributed by atoms with Crippen LogP contribution in [0.25, 0.3) is 0 Å². The van der Waals surface area contributed by atoms with Gasteiger partial charge in [-0.2, -0.15) is 0 Å². The maximum Gasteiger partial charge on any atom is 0.165 e. The fourth-order valence-corrected chi connectivity index (χ4v) is 1.96. The molecule has 2 aromatic carbocycles. The van der Waals surface area contributed by atoms with E-state index in [9.17, 15) is 13.2 Å². The van der Waals surface area contributed by atoms with Gasteiger partial charge in [-0.15, -0.1) is 0 Å². The highest BCUT2D eigenvalue weighted by Gasteiger charge is 2.06. The topological polar surface area (TPSA) is 9.23 Å². The van der Waals surface area contributed by atoms with Crippen molar-refractivity contribution in [2.45, 2.75) is 6.61 Å². The van der Waals surface area contributed by atoms with Crippen LogP contribution >= 0.6 is 15.9 Å². The van der Waals surface area contributed by atoms with Crippen LogP contribution in [0.4, 0.5) is 13.2 Å². The second kappa shape index (κ2) is 5.44. The first-order chi connectivity index (χ1) is 8.54. The molecule has 0 aliphatic rings. The van der Waals surface area contributed by atoms with Crippen molar-refractivity contribution >= 4 is 15.9 Å². The van der Waals surface area contributed by atoms with Crippen molar-refractivity contribution in [2.24, 2.45) is 0 Å². The minimum Gasteiger partial charge on any atom is -0.486 e. The van der Waals surface area contributed by atoms with Gasteiger partial charge in [0.1, 0.15) is 18.2 Å². The Hall–Kier alpha value is -1.49. The van der Waals surface area contributed by atoms with Gasteiger partial charge in [-0.05, 0) is 35.9 Å². The third kappa shape index (κ3) is 3.26. The standard InChI is InChI=1S/C13H8BrF3O/c14-9-3-8(4-11(16)5-9)7-18-13-6-10(15)1-2-12(13)17/h1-6H,7H2. The van der Waals surface area contributed by atoms with Crippen molar-refractivity contribution in [3.8, 4) is 5.75 Å². The molecule has 2 aromatic rings. The number of hydrogen-bond donors (Lipinski definition) is 0. The molecule has 1 nitrogen and oxygen atoms in total. The van der Waals surface area contributed by atoms with Crippen molar-refractivity contribution in [1.29, 1.82) is 0 Å². The van der Waals surface area contributed by atoms with Crippen LogP contribution in [-0.2, 0) is 6.61 Å². The molecule has 0 N–H and O–H groups in total. The zero-order chi connectivity index (χ0) is 13.1. The molecule has 2 rings (SSSR count). The van der Waals surface area contributed by atoms with Gasteiger partial charge < -0.3 is 4.74 Å². The van der Waals surface area contributed by atoms with E-state index in [-0.39, 0.29) is 12.4 Å². The average molecular weight is 317 g/mol. The van der Waals surface area contributed by atoms with E-state index in [1.165, 1.54) is 12.1 Å². The molecule has 0 saturated heterocycles. The van der Waals surface area contributed by atoms with E-state index in [1.54, 1.807) is 6.07 Å². The van der Waals surface area contributed by atoms with E-state index in [2.05, 4.69) is 15.9 Å². The Balaban J connectivity index is 2.13. The predicted octanol–water partition coefficient (Wildman–Crippen LogP) is 4.45. The normalized spacial score (nSPS) is 10.4. The molecular weight excluding hydrogens is 309 g/mol. The minimum absolute atomic E-state index is 0.0449. The Labute approximate surface area is 110 Å². The Morgan fingerprint density at radius 1 is 0.944 bits per heavy atom. The fraction of sp³-hybridized carbons (Fsp3) is 0.0769. The van der Waals surface area contributed by atoms with Gasteiger partial charge in [0, 0.05) is 10.5 Å². The lowest BCUT2D eigenvalue weighted by Crippen LogP contribution is -1.98. The first-order valence-electron chi connectivity index (χ1n) is 5.07. The Kier molecular flexibility index (Phi) is 3.91. The SMILES string of the molecule is Fc1cc(Br)cc(COc2cc(F)ccc2F)c1. The Morgan fingerprint density at radius 2 is 1.72 bits per heavy atom. The fourth-order valence-electron chi connectivity index (χ4n) is 1.44. The molecule has 94 valence electrons. The molecule has 18 heavy (non-hydrogen) atoms. The molecule has 5 heteroatoms. The number of ether oxygens (including phenoxy) is 1. The molecule has 0 aliphatic heterocycles. The van der Waals surface area contributed by atoms with E-state index >= 15 is 0 Å². The number of hydrogen-bond acceptors (Lipinski definition) is 1. The first kappa shape index (κ1) is 13.0. The first-order valence-corrected chi connectivity index (χ1v) is 5.87. The van der Waals surface area contributed by atoms with E-state index in [4.69, 9.17) is 4.74 Å². The summed E-state index contributed by atoms with van der Waals surface area (Å²) in [6.07, 6.45) is 0. The maximum absolute atomic E-state index is 13.3. The van der Waals surface area contributed by atoms with Crippen molar-refractivity contribution < 1.29 is 17.9 Å². The summed E-state index contributed by atoms with van der Waals surface area (Å²) in [5.41, 5.74) is 0.519. The van der Waals surface area contributed by atoms with Gasteiger partial charge in [0.2, 0.25) is 0 Å². The molecule has 0 amide bonds. The highest BCUT2D eigenvalue weighted by atomic mass is 79.9. The largest absolute Gasteiger partial charge is 0.486 e. The van der Waals surface area contributed by atoms with Crippen molar-refractivity contribution in [2.75, 3.05) is 0 Å². The van der Waals surface area contributed by atoms with Gasteiger partial charge >= 0.3 is 0 Å². The lowest BCUT2D eigenvalue weighted by atomic mass is 10.2. The molecule has 0 spiro atoms. The molecular formula is C13H8BrF3O. The average Bonchev–Trinajstić information content (AvgIpc) is 2.29. The molecule has 0 bridgehead atoms. The van der Waals surface area contributed by atoms with Crippen LogP contribution in [0.3, 0.4) is 0 Å². The molecule has 0 heterocycles. The molecule has 0 atom stereocenters. The van der Waals surface area contributed by atoms with Crippen molar-refractivity contribution in [1.82, 2.24) is 0 Å². The molecule has 0 unspecified atom stereocenters. The number of halogens is 4. The molecule has 0 saturated carbocycles. The van der Waals surface area contributed by atoms with Crippen LogP contribution in [0.5, 0.6) is 5.75 Å². The number of benzene rings is 2. The number of rotatable bonds is 3. The lowest BCUT2D eigenvalue weighted by Gasteiger charge is -2.08. The van der Waals surface area contributed by atoms with E-state index in [0.717, 1.165) is 18.2 Å². The molecule has 0 fully saturated rings. The molecule has 0 aliphatic carbocycles. The van der Waals surface area contributed by atoms with Crippen LogP contribution in [-0.4, -0.2) is 0 Å². The quantitative estimate of drug-likeness (QED) is 0.813. The second-order valence-electron chi connectivity index (χ2n) is 3.64. The second-order valence-corrected chi connectivity index (χ2v) is 4.56. The zero-order valence-corrected chi connectivity index (χ0v) is 10.7. The third-order valence-electron chi connectivity index (χ3n) is 2.21. The van der Waals surface area contributed by atoms with Crippen LogP contribution in [0.2, 0.25) is 0 Å². The van der Waals surface area contributed by atoms with E-state index < -0.39 is 17.5 Å². The highest BCUT2D eigenvalue weighted by Crippen LogP contribution is 2.21. The minimum atomic E-state index is -0.660. The zero-order valence-electron chi connectivity index (χ0n) is 9.09. The van der Waals surface area contributed by atoms with Crippen LogP contribution in [0.1, 0.15) is 5.56 Å². The van der Waals surface area contributed by atoms with Crippen LogP contribution < -0.4 is 4.74 Å². The van der Waals surface area contributed by atoms with Gasteiger partial charge in [-0.3, -0.25) is 0 Å².